The Bertz CT molecular complexity index is 206. The fraction of sp³-hybridized carbons (Fsp3) is 0.917. The average molecular weight is 228 g/mol. The van der Waals surface area contributed by atoms with Crippen LogP contribution in [0.15, 0.2) is 0 Å². The summed E-state index contributed by atoms with van der Waals surface area (Å²) in [4.78, 5) is 3.25. The largest absolute Gasteiger partial charge is 0.393 e. The van der Waals surface area contributed by atoms with Gasteiger partial charge < -0.3 is 5.73 Å². The number of hydrogen-bond acceptors (Lipinski definition) is 2. The summed E-state index contributed by atoms with van der Waals surface area (Å²) in [6, 6.07) is 0.577. The molecule has 0 aliphatic carbocycles. The lowest BCUT2D eigenvalue weighted by Gasteiger charge is -2.29. The lowest BCUT2D eigenvalue weighted by Crippen LogP contribution is -2.38. The van der Waals surface area contributed by atoms with Crippen molar-refractivity contribution in [3.63, 3.8) is 0 Å². The van der Waals surface area contributed by atoms with E-state index in [9.17, 15) is 0 Å². The van der Waals surface area contributed by atoms with Crippen LogP contribution in [0.1, 0.15) is 46.0 Å². The molecular weight excluding hydrogens is 204 g/mol. The number of hydrogen-bond donors (Lipinski definition) is 1. The fourth-order valence-corrected chi connectivity index (χ4v) is 2.61. The third-order valence-electron chi connectivity index (χ3n) is 3.48. The van der Waals surface area contributed by atoms with Crippen LogP contribution in [0.5, 0.6) is 0 Å². The highest BCUT2D eigenvalue weighted by atomic mass is 32.1. The van der Waals surface area contributed by atoms with E-state index in [2.05, 4.69) is 18.7 Å². The molecule has 2 unspecified atom stereocenters. The maximum atomic E-state index is 5.65. The molecule has 0 bridgehead atoms. The van der Waals surface area contributed by atoms with Crippen molar-refractivity contribution in [2.45, 2.75) is 52.0 Å². The molecule has 0 aromatic carbocycles. The molecule has 15 heavy (non-hydrogen) atoms. The van der Waals surface area contributed by atoms with Crippen molar-refractivity contribution >= 4 is 17.2 Å². The minimum Gasteiger partial charge on any atom is -0.393 e. The molecule has 1 saturated heterocycles. The molecule has 1 aliphatic heterocycles. The van der Waals surface area contributed by atoms with E-state index in [1.54, 1.807) is 0 Å². The standard InChI is InChI=1S/C12H24N2S/c1-3-11(9-12(13)15)14-7-4-5-10(2)6-8-14/h10-11H,3-9H2,1-2H3,(H2,13,15). The topological polar surface area (TPSA) is 29.3 Å². The number of nitrogens with two attached hydrogens (primary N) is 1. The highest BCUT2D eigenvalue weighted by molar-refractivity contribution is 7.80. The summed E-state index contributed by atoms with van der Waals surface area (Å²) in [6.07, 6.45) is 6.08. The molecule has 0 aromatic rings. The van der Waals surface area contributed by atoms with Crippen LogP contribution in [0.4, 0.5) is 0 Å². The second kappa shape index (κ2) is 6.44. The number of rotatable bonds is 4. The lowest BCUT2D eigenvalue weighted by molar-refractivity contribution is 0.201. The highest BCUT2D eigenvalue weighted by Gasteiger charge is 2.20. The number of likely N-dealkylation sites (tertiary alicyclic amines) is 1. The monoisotopic (exact) mass is 228 g/mol. The molecule has 0 aromatic heterocycles. The molecule has 2 nitrogen and oxygen atoms in total. The van der Waals surface area contributed by atoms with E-state index >= 15 is 0 Å². The van der Waals surface area contributed by atoms with Gasteiger partial charge in [-0.2, -0.15) is 0 Å². The van der Waals surface area contributed by atoms with Gasteiger partial charge in [0.1, 0.15) is 0 Å². The van der Waals surface area contributed by atoms with Gasteiger partial charge in [-0.15, -0.1) is 0 Å². The predicted molar refractivity (Wildman–Crippen MR) is 70.1 cm³/mol. The molecule has 0 amide bonds. The van der Waals surface area contributed by atoms with Crippen molar-refractivity contribution in [2.24, 2.45) is 11.7 Å². The maximum Gasteiger partial charge on any atom is 0.0743 e. The van der Waals surface area contributed by atoms with Crippen molar-refractivity contribution < 1.29 is 0 Å². The Kier molecular flexibility index (Phi) is 5.54. The van der Waals surface area contributed by atoms with Crippen LogP contribution in [-0.4, -0.2) is 29.0 Å². The van der Waals surface area contributed by atoms with Crippen LogP contribution >= 0.6 is 12.2 Å². The van der Waals surface area contributed by atoms with E-state index < -0.39 is 0 Å². The Hall–Kier alpha value is -0.150. The van der Waals surface area contributed by atoms with E-state index in [0.29, 0.717) is 11.0 Å². The van der Waals surface area contributed by atoms with Gasteiger partial charge in [0.05, 0.1) is 4.99 Å². The van der Waals surface area contributed by atoms with Gasteiger partial charge in [0.2, 0.25) is 0 Å². The van der Waals surface area contributed by atoms with Crippen molar-refractivity contribution in [3.8, 4) is 0 Å². The average Bonchev–Trinajstić information content (AvgIpc) is 2.39. The van der Waals surface area contributed by atoms with Gasteiger partial charge in [-0.05, 0) is 44.7 Å². The first-order valence-electron chi connectivity index (χ1n) is 6.15. The molecule has 1 rings (SSSR count). The van der Waals surface area contributed by atoms with Gasteiger partial charge in [0.25, 0.3) is 0 Å². The first-order chi connectivity index (χ1) is 7.13. The van der Waals surface area contributed by atoms with Gasteiger partial charge in [0.15, 0.2) is 0 Å². The van der Waals surface area contributed by atoms with Crippen LogP contribution < -0.4 is 5.73 Å². The third kappa shape index (κ3) is 4.47. The van der Waals surface area contributed by atoms with E-state index in [4.69, 9.17) is 18.0 Å². The van der Waals surface area contributed by atoms with Gasteiger partial charge in [0, 0.05) is 12.5 Å². The Labute approximate surface area is 99.2 Å². The van der Waals surface area contributed by atoms with Crippen molar-refractivity contribution in [3.05, 3.63) is 0 Å². The summed E-state index contributed by atoms with van der Waals surface area (Å²) < 4.78 is 0. The molecular formula is C12H24N2S. The lowest BCUT2D eigenvalue weighted by atomic mass is 10.0. The molecule has 0 spiro atoms. The molecule has 88 valence electrons. The minimum absolute atomic E-state index is 0.577. The van der Waals surface area contributed by atoms with Crippen molar-refractivity contribution in [1.82, 2.24) is 4.90 Å². The van der Waals surface area contributed by atoms with Gasteiger partial charge in [-0.25, -0.2) is 0 Å². The fourth-order valence-electron chi connectivity index (χ4n) is 2.41. The zero-order valence-electron chi connectivity index (χ0n) is 10.0. The van der Waals surface area contributed by atoms with Gasteiger partial charge in [-0.1, -0.05) is 26.1 Å². The van der Waals surface area contributed by atoms with Crippen LogP contribution in [0.2, 0.25) is 0 Å². The summed E-state index contributed by atoms with van der Waals surface area (Å²) in [5.74, 6) is 0.886. The van der Waals surface area contributed by atoms with Crippen LogP contribution in [0.3, 0.4) is 0 Å². The number of nitrogens with zero attached hydrogens (tertiary/aromatic N) is 1. The second-order valence-corrected chi connectivity index (χ2v) is 5.33. The summed E-state index contributed by atoms with van der Waals surface area (Å²) in [5, 5.41) is 0. The Morgan fingerprint density at radius 1 is 1.47 bits per heavy atom. The van der Waals surface area contributed by atoms with Gasteiger partial charge in [-0.3, -0.25) is 4.90 Å². The minimum atomic E-state index is 0.577. The first kappa shape index (κ1) is 12.9. The third-order valence-corrected chi connectivity index (χ3v) is 3.64. The van der Waals surface area contributed by atoms with Crippen LogP contribution in [0.25, 0.3) is 0 Å². The van der Waals surface area contributed by atoms with Crippen LogP contribution in [-0.2, 0) is 0 Å². The number of thiocarbonyl (C=S) groups is 1. The molecule has 1 aliphatic rings. The van der Waals surface area contributed by atoms with E-state index in [1.165, 1.54) is 32.4 Å². The van der Waals surface area contributed by atoms with E-state index in [1.807, 2.05) is 0 Å². The van der Waals surface area contributed by atoms with Crippen molar-refractivity contribution in [1.29, 1.82) is 0 Å². The SMILES string of the molecule is CCC(CC(N)=S)N1CCCC(C)CC1. The summed E-state index contributed by atoms with van der Waals surface area (Å²) >= 11 is 5.02. The molecule has 0 radical (unpaired) electrons. The molecule has 1 fully saturated rings. The zero-order valence-corrected chi connectivity index (χ0v) is 10.9. The smallest absolute Gasteiger partial charge is 0.0743 e. The van der Waals surface area contributed by atoms with Gasteiger partial charge >= 0.3 is 0 Å². The summed E-state index contributed by atoms with van der Waals surface area (Å²) in [5.41, 5.74) is 5.65. The Balaban J connectivity index is 2.47. The Morgan fingerprint density at radius 3 is 2.80 bits per heavy atom. The highest BCUT2D eigenvalue weighted by Crippen LogP contribution is 2.20. The molecule has 3 heteroatoms. The van der Waals surface area contributed by atoms with E-state index in [-0.39, 0.29) is 0 Å². The first-order valence-corrected chi connectivity index (χ1v) is 6.56. The van der Waals surface area contributed by atoms with E-state index in [0.717, 1.165) is 18.8 Å². The second-order valence-electron chi connectivity index (χ2n) is 4.80. The normalized spacial score (nSPS) is 25.9. The molecule has 2 atom stereocenters. The van der Waals surface area contributed by atoms with Crippen LogP contribution in [0, 0.1) is 5.92 Å². The molecule has 0 saturated carbocycles. The quantitative estimate of drug-likeness (QED) is 0.750. The molecule has 1 heterocycles. The predicted octanol–water partition coefficient (Wildman–Crippen LogP) is 2.56. The van der Waals surface area contributed by atoms with Crippen molar-refractivity contribution in [2.75, 3.05) is 13.1 Å². The Morgan fingerprint density at radius 2 is 2.20 bits per heavy atom. The zero-order chi connectivity index (χ0) is 11.3. The summed E-state index contributed by atoms with van der Waals surface area (Å²) in [6.45, 7) is 7.04. The maximum absolute atomic E-state index is 5.65. The molecule has 2 N–H and O–H groups in total. The summed E-state index contributed by atoms with van der Waals surface area (Å²) in [7, 11) is 0.